The van der Waals surface area contributed by atoms with Gasteiger partial charge in [0.1, 0.15) is 0 Å². The molecule has 0 bridgehead atoms. The van der Waals surface area contributed by atoms with E-state index in [1.54, 1.807) is 0 Å². The van der Waals surface area contributed by atoms with Gasteiger partial charge >= 0.3 is 0 Å². The van der Waals surface area contributed by atoms with Crippen LogP contribution in [0.4, 0.5) is 11.4 Å². The summed E-state index contributed by atoms with van der Waals surface area (Å²) in [5, 5.41) is 1.13. The molecule has 0 saturated heterocycles. The zero-order valence-electron chi connectivity index (χ0n) is 12.5. The SMILES string of the molecule is Cc1cc(N(C)c2ccc3c(c2)OCO3)c2ccccc2n1. The molecule has 0 amide bonds. The van der Waals surface area contributed by atoms with Crippen LogP contribution >= 0.6 is 0 Å². The van der Waals surface area contributed by atoms with Crippen molar-refractivity contribution >= 4 is 22.3 Å². The van der Waals surface area contributed by atoms with Gasteiger partial charge in [-0.15, -0.1) is 0 Å². The molecule has 1 aliphatic rings. The Morgan fingerprint density at radius 3 is 2.73 bits per heavy atom. The first-order valence-electron chi connectivity index (χ1n) is 7.22. The van der Waals surface area contributed by atoms with Crippen molar-refractivity contribution in [2.45, 2.75) is 6.92 Å². The Morgan fingerprint density at radius 2 is 1.82 bits per heavy atom. The number of aryl methyl sites for hydroxylation is 1. The van der Waals surface area contributed by atoms with E-state index in [4.69, 9.17) is 9.47 Å². The Labute approximate surface area is 128 Å². The van der Waals surface area contributed by atoms with Crippen LogP contribution in [-0.2, 0) is 0 Å². The molecule has 0 atom stereocenters. The maximum absolute atomic E-state index is 5.48. The van der Waals surface area contributed by atoms with Crippen LogP contribution in [0, 0.1) is 6.92 Å². The molecule has 0 N–H and O–H groups in total. The predicted molar refractivity (Wildman–Crippen MR) is 87.1 cm³/mol. The number of benzene rings is 2. The zero-order valence-corrected chi connectivity index (χ0v) is 12.5. The summed E-state index contributed by atoms with van der Waals surface area (Å²) >= 11 is 0. The number of rotatable bonds is 2. The Kier molecular flexibility index (Phi) is 2.89. The lowest BCUT2D eigenvalue weighted by atomic mass is 10.1. The Morgan fingerprint density at radius 1 is 1.00 bits per heavy atom. The number of hydrogen-bond acceptors (Lipinski definition) is 4. The van der Waals surface area contributed by atoms with Gasteiger partial charge in [0, 0.05) is 29.9 Å². The van der Waals surface area contributed by atoms with Gasteiger partial charge in [0.05, 0.1) is 11.2 Å². The second-order valence-electron chi connectivity index (χ2n) is 5.40. The van der Waals surface area contributed by atoms with Crippen LogP contribution in [0.25, 0.3) is 10.9 Å². The van der Waals surface area contributed by atoms with Crippen LogP contribution in [0.2, 0.25) is 0 Å². The first-order valence-corrected chi connectivity index (χ1v) is 7.22. The molecule has 1 aromatic heterocycles. The van der Waals surface area contributed by atoms with Crippen molar-refractivity contribution in [3.8, 4) is 11.5 Å². The summed E-state index contributed by atoms with van der Waals surface area (Å²) in [5.41, 5.74) is 4.19. The third-order valence-corrected chi connectivity index (χ3v) is 3.93. The standard InChI is InChI=1S/C18H16N2O2/c1-12-9-16(14-5-3-4-6-15(14)19-12)20(2)13-7-8-17-18(10-13)22-11-21-17/h3-10H,11H2,1-2H3. The Balaban J connectivity index is 1.84. The fourth-order valence-corrected chi connectivity index (χ4v) is 2.80. The van der Waals surface area contributed by atoms with E-state index in [1.807, 2.05) is 43.3 Å². The first kappa shape index (κ1) is 13.0. The van der Waals surface area contributed by atoms with Crippen LogP contribution in [0.1, 0.15) is 5.69 Å². The molecule has 0 unspecified atom stereocenters. The summed E-state index contributed by atoms with van der Waals surface area (Å²) in [5.74, 6) is 1.59. The second kappa shape index (κ2) is 4.91. The molecule has 3 aromatic rings. The van der Waals surface area contributed by atoms with E-state index in [1.165, 1.54) is 0 Å². The van der Waals surface area contributed by atoms with Crippen molar-refractivity contribution < 1.29 is 9.47 Å². The molecule has 2 heterocycles. The van der Waals surface area contributed by atoms with Crippen molar-refractivity contribution in [3.63, 3.8) is 0 Å². The summed E-state index contributed by atoms with van der Waals surface area (Å²) in [6.07, 6.45) is 0. The normalized spacial score (nSPS) is 12.6. The highest BCUT2D eigenvalue weighted by molar-refractivity contribution is 5.94. The Bertz CT molecular complexity index is 861. The molecule has 0 aliphatic carbocycles. The number of ether oxygens (including phenoxy) is 2. The molecule has 1 aliphatic heterocycles. The average molecular weight is 292 g/mol. The zero-order chi connectivity index (χ0) is 15.1. The highest BCUT2D eigenvalue weighted by atomic mass is 16.7. The first-order chi connectivity index (χ1) is 10.7. The number of fused-ring (bicyclic) bond motifs is 2. The van der Waals surface area contributed by atoms with Crippen molar-refractivity contribution in [2.75, 3.05) is 18.7 Å². The summed E-state index contributed by atoms with van der Waals surface area (Å²) in [4.78, 5) is 6.75. The van der Waals surface area contributed by atoms with Crippen LogP contribution in [0.15, 0.2) is 48.5 Å². The molecule has 0 spiro atoms. The third-order valence-electron chi connectivity index (χ3n) is 3.93. The Hall–Kier alpha value is -2.75. The summed E-state index contributed by atoms with van der Waals surface area (Å²) in [7, 11) is 2.05. The molecule has 0 saturated carbocycles. The lowest BCUT2D eigenvalue weighted by molar-refractivity contribution is 0.174. The van der Waals surface area contributed by atoms with Gasteiger partial charge in [-0.05, 0) is 31.2 Å². The fraction of sp³-hybridized carbons (Fsp3) is 0.167. The minimum atomic E-state index is 0.291. The van der Waals surface area contributed by atoms with E-state index >= 15 is 0 Å². The van der Waals surface area contributed by atoms with Gasteiger partial charge in [-0.3, -0.25) is 4.98 Å². The second-order valence-corrected chi connectivity index (χ2v) is 5.40. The van der Waals surface area contributed by atoms with Crippen LogP contribution in [0.3, 0.4) is 0 Å². The monoisotopic (exact) mass is 292 g/mol. The van der Waals surface area contributed by atoms with E-state index < -0.39 is 0 Å². The van der Waals surface area contributed by atoms with Gasteiger partial charge < -0.3 is 14.4 Å². The van der Waals surface area contributed by atoms with Gasteiger partial charge in [0.2, 0.25) is 6.79 Å². The van der Waals surface area contributed by atoms with Crippen molar-refractivity contribution in [2.24, 2.45) is 0 Å². The smallest absolute Gasteiger partial charge is 0.231 e. The van der Waals surface area contributed by atoms with E-state index in [0.29, 0.717) is 6.79 Å². The molecule has 110 valence electrons. The van der Waals surface area contributed by atoms with Crippen molar-refractivity contribution in [3.05, 3.63) is 54.2 Å². The predicted octanol–water partition coefficient (Wildman–Crippen LogP) is 4.04. The van der Waals surface area contributed by atoms with Gasteiger partial charge in [0.15, 0.2) is 11.5 Å². The third kappa shape index (κ3) is 2.04. The van der Waals surface area contributed by atoms with E-state index in [-0.39, 0.29) is 0 Å². The van der Waals surface area contributed by atoms with E-state index in [9.17, 15) is 0 Å². The molecule has 4 nitrogen and oxygen atoms in total. The molecule has 2 aromatic carbocycles. The van der Waals surface area contributed by atoms with Crippen LogP contribution in [0.5, 0.6) is 11.5 Å². The summed E-state index contributed by atoms with van der Waals surface area (Å²) in [6, 6.07) is 16.3. The van der Waals surface area contributed by atoms with Crippen LogP contribution in [-0.4, -0.2) is 18.8 Å². The molecule has 22 heavy (non-hydrogen) atoms. The molecule has 4 heteroatoms. The van der Waals surface area contributed by atoms with Gasteiger partial charge in [-0.2, -0.15) is 0 Å². The highest BCUT2D eigenvalue weighted by Gasteiger charge is 2.16. The number of hydrogen-bond donors (Lipinski definition) is 0. The highest BCUT2D eigenvalue weighted by Crippen LogP contribution is 2.38. The molecule has 0 radical (unpaired) electrons. The number of nitrogens with zero attached hydrogens (tertiary/aromatic N) is 2. The van der Waals surface area contributed by atoms with E-state index in [2.05, 4.69) is 29.1 Å². The lowest BCUT2D eigenvalue weighted by Gasteiger charge is -2.22. The van der Waals surface area contributed by atoms with Crippen molar-refractivity contribution in [1.82, 2.24) is 4.98 Å². The maximum atomic E-state index is 5.48. The molecule has 4 rings (SSSR count). The summed E-state index contributed by atoms with van der Waals surface area (Å²) in [6.45, 7) is 2.31. The van der Waals surface area contributed by atoms with Crippen LogP contribution < -0.4 is 14.4 Å². The molecule has 0 fully saturated rings. The number of para-hydroxylation sites is 1. The van der Waals surface area contributed by atoms with Gasteiger partial charge in [-0.1, -0.05) is 18.2 Å². The quantitative estimate of drug-likeness (QED) is 0.714. The topological polar surface area (TPSA) is 34.6 Å². The maximum Gasteiger partial charge on any atom is 0.231 e. The lowest BCUT2D eigenvalue weighted by Crippen LogP contribution is -2.10. The van der Waals surface area contributed by atoms with Gasteiger partial charge in [0.25, 0.3) is 0 Å². The van der Waals surface area contributed by atoms with Gasteiger partial charge in [-0.25, -0.2) is 0 Å². The van der Waals surface area contributed by atoms with Crippen molar-refractivity contribution in [1.29, 1.82) is 0 Å². The molecular formula is C18H16N2O2. The minimum absolute atomic E-state index is 0.291. The largest absolute Gasteiger partial charge is 0.454 e. The summed E-state index contributed by atoms with van der Waals surface area (Å²) < 4.78 is 10.9. The minimum Gasteiger partial charge on any atom is -0.454 e. The number of anilines is 2. The number of pyridine rings is 1. The van der Waals surface area contributed by atoms with E-state index in [0.717, 1.165) is 39.5 Å². The fourth-order valence-electron chi connectivity index (χ4n) is 2.80. The molecular weight excluding hydrogens is 276 g/mol. The number of aromatic nitrogens is 1. The average Bonchev–Trinajstić information content (AvgIpc) is 3.00.